The Balaban J connectivity index is 2.08. The first kappa shape index (κ1) is 16.3. The van der Waals surface area contributed by atoms with Crippen molar-refractivity contribution in [3.05, 3.63) is 56.2 Å². The van der Waals surface area contributed by atoms with Crippen LogP contribution < -0.4 is 5.32 Å². The number of amides is 1. The highest BCUT2D eigenvalue weighted by molar-refractivity contribution is 7.17. The van der Waals surface area contributed by atoms with Crippen LogP contribution in [-0.2, 0) is 0 Å². The summed E-state index contributed by atoms with van der Waals surface area (Å²) in [7, 11) is 3.92. The number of halogens is 2. The van der Waals surface area contributed by atoms with Gasteiger partial charge in [-0.2, -0.15) is 0 Å². The van der Waals surface area contributed by atoms with E-state index in [1.807, 2.05) is 43.3 Å². The number of carbonyl (C=O) groups is 1. The van der Waals surface area contributed by atoms with Gasteiger partial charge in [0.1, 0.15) is 0 Å². The van der Waals surface area contributed by atoms with Gasteiger partial charge in [-0.3, -0.25) is 4.79 Å². The van der Waals surface area contributed by atoms with Crippen molar-refractivity contribution >= 4 is 40.4 Å². The second-order valence-electron chi connectivity index (χ2n) is 4.81. The Kier molecular flexibility index (Phi) is 5.65. The fraction of sp³-hybridized carbons (Fsp3) is 0.267. The van der Waals surface area contributed by atoms with Gasteiger partial charge in [-0.25, -0.2) is 0 Å². The maximum atomic E-state index is 12.1. The first-order valence-electron chi connectivity index (χ1n) is 6.43. The van der Waals surface area contributed by atoms with Crippen LogP contribution in [0.5, 0.6) is 0 Å². The van der Waals surface area contributed by atoms with Crippen LogP contribution in [0.25, 0.3) is 0 Å². The molecule has 1 aromatic heterocycles. The molecule has 2 rings (SSSR count). The van der Waals surface area contributed by atoms with Crippen molar-refractivity contribution in [3.8, 4) is 0 Å². The molecular weight excluding hydrogens is 327 g/mol. The topological polar surface area (TPSA) is 32.3 Å². The Bertz CT molecular complexity index is 628. The average molecular weight is 343 g/mol. The van der Waals surface area contributed by atoms with E-state index < -0.39 is 0 Å². The molecule has 3 nitrogen and oxygen atoms in total. The van der Waals surface area contributed by atoms with E-state index in [9.17, 15) is 4.79 Å². The lowest BCUT2D eigenvalue weighted by Crippen LogP contribution is -2.34. The predicted octanol–water partition coefficient (Wildman–Crippen LogP) is 4.09. The minimum absolute atomic E-state index is 0.0121. The molecule has 0 spiro atoms. The zero-order chi connectivity index (χ0) is 15.4. The molecule has 112 valence electrons. The van der Waals surface area contributed by atoms with E-state index in [1.165, 1.54) is 11.3 Å². The molecule has 0 saturated heterocycles. The van der Waals surface area contributed by atoms with Crippen molar-refractivity contribution in [2.45, 2.75) is 6.04 Å². The van der Waals surface area contributed by atoms with Crippen LogP contribution in [0.15, 0.2) is 36.4 Å². The normalized spacial score (nSPS) is 12.4. The molecule has 2 aromatic rings. The summed E-state index contributed by atoms with van der Waals surface area (Å²) in [4.78, 5) is 14.7. The fourth-order valence-corrected chi connectivity index (χ4v) is 3.25. The summed E-state index contributed by atoms with van der Waals surface area (Å²) >= 11 is 13.4. The quantitative estimate of drug-likeness (QED) is 0.887. The molecule has 0 saturated carbocycles. The summed E-state index contributed by atoms with van der Waals surface area (Å²) < 4.78 is 0.607. The lowest BCUT2D eigenvalue weighted by atomic mass is 10.1. The molecule has 1 heterocycles. The van der Waals surface area contributed by atoms with Gasteiger partial charge in [0.05, 0.1) is 15.3 Å². The maximum absolute atomic E-state index is 12.1. The molecule has 0 radical (unpaired) electrons. The highest BCUT2D eigenvalue weighted by Crippen LogP contribution is 2.26. The second-order valence-corrected chi connectivity index (χ2v) is 6.94. The molecule has 1 atom stereocenters. The minimum Gasteiger partial charge on any atom is -0.349 e. The minimum atomic E-state index is -0.120. The third-order valence-corrected chi connectivity index (χ3v) is 4.71. The SMILES string of the molecule is CN(C)C(CNC(=O)c1ccc(Cl)s1)c1ccccc1Cl. The number of carbonyl (C=O) groups excluding carboxylic acids is 1. The van der Waals surface area contributed by atoms with E-state index in [2.05, 4.69) is 5.32 Å². The summed E-state index contributed by atoms with van der Waals surface area (Å²) in [6, 6.07) is 11.1. The van der Waals surface area contributed by atoms with Crippen molar-refractivity contribution in [2.75, 3.05) is 20.6 Å². The van der Waals surface area contributed by atoms with Crippen LogP contribution in [-0.4, -0.2) is 31.4 Å². The molecule has 1 unspecified atom stereocenters. The van der Waals surface area contributed by atoms with Gasteiger partial charge in [0, 0.05) is 11.6 Å². The molecule has 0 bridgehead atoms. The number of benzene rings is 1. The van der Waals surface area contributed by atoms with Gasteiger partial charge in [-0.1, -0.05) is 41.4 Å². The number of rotatable bonds is 5. The van der Waals surface area contributed by atoms with Gasteiger partial charge in [0.2, 0.25) is 0 Å². The first-order valence-corrected chi connectivity index (χ1v) is 8.00. The molecule has 0 aliphatic carbocycles. The molecule has 6 heteroatoms. The lowest BCUT2D eigenvalue weighted by molar-refractivity contribution is 0.0946. The third-order valence-electron chi connectivity index (χ3n) is 3.14. The van der Waals surface area contributed by atoms with E-state index in [-0.39, 0.29) is 11.9 Å². The maximum Gasteiger partial charge on any atom is 0.261 e. The van der Waals surface area contributed by atoms with E-state index in [0.717, 1.165) is 5.56 Å². The van der Waals surface area contributed by atoms with Gasteiger partial charge in [-0.05, 0) is 37.9 Å². The van der Waals surface area contributed by atoms with Crippen LogP contribution >= 0.6 is 34.5 Å². The number of nitrogens with zero attached hydrogens (tertiary/aromatic N) is 1. The van der Waals surface area contributed by atoms with Crippen LogP contribution in [0.1, 0.15) is 21.3 Å². The number of nitrogens with one attached hydrogen (secondary N) is 1. The molecule has 0 aliphatic rings. The number of hydrogen-bond acceptors (Lipinski definition) is 3. The standard InChI is InChI=1S/C15H16Cl2N2OS/c1-19(2)12(10-5-3-4-6-11(10)16)9-18-15(20)13-7-8-14(17)21-13/h3-8,12H,9H2,1-2H3,(H,18,20). The van der Waals surface area contributed by atoms with Gasteiger partial charge in [-0.15, -0.1) is 11.3 Å². The molecule has 0 aliphatic heterocycles. The predicted molar refractivity (Wildman–Crippen MR) is 89.5 cm³/mol. The van der Waals surface area contributed by atoms with Gasteiger partial charge < -0.3 is 10.2 Å². The largest absolute Gasteiger partial charge is 0.349 e. The van der Waals surface area contributed by atoms with Crippen molar-refractivity contribution in [1.82, 2.24) is 10.2 Å². The van der Waals surface area contributed by atoms with Crippen LogP contribution in [0.3, 0.4) is 0 Å². The molecule has 1 N–H and O–H groups in total. The lowest BCUT2D eigenvalue weighted by Gasteiger charge is -2.25. The summed E-state index contributed by atoms with van der Waals surface area (Å²) in [5.74, 6) is -0.120. The summed E-state index contributed by atoms with van der Waals surface area (Å²) in [6.45, 7) is 0.477. The van der Waals surface area contributed by atoms with Gasteiger partial charge >= 0.3 is 0 Å². The molecule has 0 fully saturated rings. The highest BCUT2D eigenvalue weighted by Gasteiger charge is 2.18. The van der Waals surface area contributed by atoms with Crippen molar-refractivity contribution in [1.29, 1.82) is 0 Å². The zero-order valence-corrected chi connectivity index (χ0v) is 14.1. The van der Waals surface area contributed by atoms with Crippen LogP contribution in [0.2, 0.25) is 9.36 Å². The average Bonchev–Trinajstić information content (AvgIpc) is 2.87. The first-order chi connectivity index (χ1) is 9.99. The summed E-state index contributed by atoms with van der Waals surface area (Å²) in [6.07, 6.45) is 0. The third kappa shape index (κ3) is 4.20. The summed E-state index contributed by atoms with van der Waals surface area (Å²) in [5.41, 5.74) is 0.994. The molecule has 21 heavy (non-hydrogen) atoms. The fourth-order valence-electron chi connectivity index (χ4n) is 2.03. The molecule has 1 aromatic carbocycles. The number of likely N-dealkylation sites (N-methyl/N-ethyl adjacent to an activating group) is 1. The van der Waals surface area contributed by atoms with Gasteiger partial charge in [0.25, 0.3) is 5.91 Å². The Labute approximate surface area is 138 Å². The van der Waals surface area contributed by atoms with Crippen molar-refractivity contribution in [3.63, 3.8) is 0 Å². The Morgan fingerprint density at radius 3 is 2.52 bits per heavy atom. The van der Waals surface area contributed by atoms with Crippen molar-refractivity contribution in [2.24, 2.45) is 0 Å². The Morgan fingerprint density at radius 2 is 1.95 bits per heavy atom. The molecule has 1 amide bonds. The van der Waals surface area contributed by atoms with E-state index in [4.69, 9.17) is 23.2 Å². The summed E-state index contributed by atoms with van der Waals surface area (Å²) in [5, 5.41) is 3.63. The van der Waals surface area contributed by atoms with E-state index in [1.54, 1.807) is 12.1 Å². The Hall–Kier alpha value is -1.07. The number of hydrogen-bond donors (Lipinski definition) is 1. The molecular formula is C15H16Cl2N2OS. The van der Waals surface area contributed by atoms with Gasteiger partial charge in [0.15, 0.2) is 0 Å². The van der Waals surface area contributed by atoms with E-state index in [0.29, 0.717) is 20.8 Å². The highest BCUT2D eigenvalue weighted by atomic mass is 35.5. The second kappa shape index (κ2) is 7.27. The van der Waals surface area contributed by atoms with Crippen LogP contribution in [0.4, 0.5) is 0 Å². The smallest absolute Gasteiger partial charge is 0.261 e. The van der Waals surface area contributed by atoms with Crippen molar-refractivity contribution < 1.29 is 4.79 Å². The monoisotopic (exact) mass is 342 g/mol. The zero-order valence-electron chi connectivity index (χ0n) is 11.8. The van der Waals surface area contributed by atoms with E-state index >= 15 is 0 Å². The number of thiophene rings is 1. The Morgan fingerprint density at radius 1 is 1.24 bits per heavy atom. The van der Waals surface area contributed by atoms with Crippen LogP contribution in [0, 0.1) is 0 Å².